The predicted octanol–water partition coefficient (Wildman–Crippen LogP) is 2.48. The van der Waals surface area contributed by atoms with Crippen LogP contribution in [0.2, 0.25) is 0 Å². The molecule has 0 radical (unpaired) electrons. The lowest BCUT2D eigenvalue weighted by molar-refractivity contribution is 0.627. The van der Waals surface area contributed by atoms with E-state index in [1.54, 1.807) is 6.19 Å². The van der Waals surface area contributed by atoms with Gasteiger partial charge in [-0.1, -0.05) is 0 Å². The minimum Gasteiger partial charge on any atom is -0.292 e. The summed E-state index contributed by atoms with van der Waals surface area (Å²) in [6, 6.07) is 4.06. The number of nitrogens with zero attached hydrogens (tertiary/aromatic N) is 1. The first kappa shape index (κ1) is 8.02. The molecule has 0 fully saturated rings. The lowest BCUT2D eigenvalue weighted by atomic mass is 10.3. The molecule has 1 N–H and O–H groups in total. The number of nitriles is 1. The minimum absolute atomic E-state index is 0.333. The van der Waals surface area contributed by atoms with Crippen molar-refractivity contribution < 1.29 is 4.39 Å². The summed E-state index contributed by atoms with van der Waals surface area (Å²) in [4.78, 5) is 0. The van der Waals surface area contributed by atoms with Gasteiger partial charge in [-0.15, -0.1) is 0 Å². The average Bonchev–Trinajstić information content (AvgIpc) is 1.95. The SMILES string of the molecule is N#CNc1ccc(F)cc1Br. The number of nitrogens with one attached hydrogen (secondary N) is 1. The van der Waals surface area contributed by atoms with Crippen molar-refractivity contribution in [3.05, 3.63) is 28.5 Å². The summed E-state index contributed by atoms with van der Waals surface area (Å²) < 4.78 is 13.0. The van der Waals surface area contributed by atoms with Gasteiger partial charge in [-0.25, -0.2) is 4.39 Å². The molecule has 0 aliphatic heterocycles. The Kier molecular flexibility index (Phi) is 2.44. The van der Waals surface area contributed by atoms with Gasteiger partial charge in [-0.05, 0) is 34.1 Å². The van der Waals surface area contributed by atoms with Crippen molar-refractivity contribution in [2.45, 2.75) is 0 Å². The minimum atomic E-state index is -0.333. The van der Waals surface area contributed by atoms with Crippen molar-refractivity contribution in [1.82, 2.24) is 0 Å². The molecule has 1 rings (SSSR count). The molecule has 56 valence electrons. The highest BCUT2D eigenvalue weighted by molar-refractivity contribution is 9.10. The molecule has 0 aliphatic rings. The largest absolute Gasteiger partial charge is 0.292 e. The van der Waals surface area contributed by atoms with Crippen LogP contribution in [0.15, 0.2) is 22.7 Å². The number of hydrogen-bond donors (Lipinski definition) is 1. The normalized spacial score (nSPS) is 8.82. The molecule has 1 aromatic rings. The van der Waals surface area contributed by atoms with E-state index in [-0.39, 0.29) is 5.82 Å². The van der Waals surface area contributed by atoms with E-state index in [4.69, 9.17) is 5.26 Å². The molecule has 0 spiro atoms. The van der Waals surface area contributed by atoms with Crippen molar-refractivity contribution >= 4 is 21.6 Å². The highest BCUT2D eigenvalue weighted by atomic mass is 79.9. The molecule has 1 aromatic carbocycles. The van der Waals surface area contributed by atoms with Crippen LogP contribution in [0.3, 0.4) is 0 Å². The number of hydrogen-bond acceptors (Lipinski definition) is 2. The highest BCUT2D eigenvalue weighted by Crippen LogP contribution is 2.22. The molecule has 0 amide bonds. The second-order valence-electron chi connectivity index (χ2n) is 1.86. The Balaban J connectivity index is 3.01. The molecule has 0 aliphatic carbocycles. The van der Waals surface area contributed by atoms with Gasteiger partial charge in [0.2, 0.25) is 0 Å². The first-order valence-electron chi connectivity index (χ1n) is 2.84. The third kappa shape index (κ3) is 1.92. The van der Waals surface area contributed by atoms with Crippen molar-refractivity contribution in [2.24, 2.45) is 0 Å². The van der Waals surface area contributed by atoms with Gasteiger partial charge < -0.3 is 0 Å². The van der Waals surface area contributed by atoms with Gasteiger partial charge in [0.15, 0.2) is 6.19 Å². The van der Waals surface area contributed by atoms with Gasteiger partial charge in [0.1, 0.15) is 5.82 Å². The molecule has 11 heavy (non-hydrogen) atoms. The van der Waals surface area contributed by atoms with Crippen molar-refractivity contribution in [1.29, 1.82) is 5.26 Å². The Morgan fingerprint density at radius 1 is 1.55 bits per heavy atom. The maximum absolute atomic E-state index is 12.4. The topological polar surface area (TPSA) is 35.8 Å². The molecule has 0 atom stereocenters. The quantitative estimate of drug-likeness (QED) is 0.576. The zero-order valence-corrected chi connectivity index (χ0v) is 7.02. The number of halogens is 2. The van der Waals surface area contributed by atoms with Gasteiger partial charge in [-0.3, -0.25) is 5.32 Å². The Bertz CT molecular complexity index is 306. The van der Waals surface area contributed by atoms with Crippen LogP contribution in [-0.2, 0) is 0 Å². The number of rotatable bonds is 1. The fraction of sp³-hybridized carbons (Fsp3) is 0. The Hall–Kier alpha value is -1.08. The molecule has 2 nitrogen and oxygen atoms in total. The Morgan fingerprint density at radius 2 is 2.27 bits per heavy atom. The van der Waals surface area contributed by atoms with E-state index in [0.29, 0.717) is 10.2 Å². The summed E-state index contributed by atoms with van der Waals surface area (Å²) in [5.74, 6) is -0.333. The first-order chi connectivity index (χ1) is 5.24. The fourth-order valence-corrected chi connectivity index (χ4v) is 1.10. The average molecular weight is 215 g/mol. The molecule has 0 saturated heterocycles. The number of anilines is 1. The van der Waals surface area contributed by atoms with Crippen LogP contribution in [0.1, 0.15) is 0 Å². The van der Waals surface area contributed by atoms with Gasteiger partial charge in [0.25, 0.3) is 0 Å². The molecule has 0 unspecified atom stereocenters. The summed E-state index contributed by atoms with van der Waals surface area (Å²) in [6.45, 7) is 0. The predicted molar refractivity (Wildman–Crippen MR) is 43.3 cm³/mol. The van der Waals surface area contributed by atoms with Gasteiger partial charge in [-0.2, -0.15) is 5.26 Å². The van der Waals surface area contributed by atoms with Crippen LogP contribution in [-0.4, -0.2) is 0 Å². The zero-order valence-electron chi connectivity index (χ0n) is 5.44. The van der Waals surface area contributed by atoms with Gasteiger partial charge in [0.05, 0.1) is 5.69 Å². The van der Waals surface area contributed by atoms with E-state index in [9.17, 15) is 4.39 Å². The van der Waals surface area contributed by atoms with Crippen LogP contribution >= 0.6 is 15.9 Å². The van der Waals surface area contributed by atoms with E-state index in [2.05, 4.69) is 21.2 Å². The standard InChI is InChI=1S/C7H4BrFN2/c8-6-3-5(9)1-2-7(6)11-4-10/h1-3,11H. The number of benzene rings is 1. The van der Waals surface area contributed by atoms with Crippen LogP contribution in [0, 0.1) is 17.3 Å². The van der Waals surface area contributed by atoms with Crippen molar-refractivity contribution in [3.63, 3.8) is 0 Å². The van der Waals surface area contributed by atoms with Crippen molar-refractivity contribution in [3.8, 4) is 6.19 Å². The van der Waals surface area contributed by atoms with E-state index in [0.717, 1.165) is 0 Å². The third-order valence-corrected chi connectivity index (χ3v) is 1.78. The fourth-order valence-electron chi connectivity index (χ4n) is 0.651. The summed E-state index contributed by atoms with van der Waals surface area (Å²) >= 11 is 3.09. The van der Waals surface area contributed by atoms with Crippen LogP contribution in [0.5, 0.6) is 0 Å². The summed E-state index contributed by atoms with van der Waals surface area (Å²) in [6.07, 6.45) is 1.74. The van der Waals surface area contributed by atoms with E-state index in [1.807, 2.05) is 0 Å². The van der Waals surface area contributed by atoms with Crippen LogP contribution in [0.25, 0.3) is 0 Å². The van der Waals surface area contributed by atoms with Gasteiger partial charge >= 0.3 is 0 Å². The molecule has 0 saturated carbocycles. The third-order valence-electron chi connectivity index (χ3n) is 1.12. The molecular weight excluding hydrogens is 211 g/mol. The Morgan fingerprint density at radius 3 is 2.82 bits per heavy atom. The molecule has 0 bridgehead atoms. The zero-order chi connectivity index (χ0) is 8.27. The maximum atomic E-state index is 12.4. The second kappa shape index (κ2) is 3.35. The lowest BCUT2D eigenvalue weighted by Crippen LogP contribution is -1.88. The highest BCUT2D eigenvalue weighted by Gasteiger charge is 1.98. The second-order valence-corrected chi connectivity index (χ2v) is 2.72. The molecule has 4 heteroatoms. The molecule has 0 aromatic heterocycles. The van der Waals surface area contributed by atoms with E-state index < -0.39 is 0 Å². The molecule has 0 heterocycles. The summed E-state index contributed by atoms with van der Waals surface area (Å²) in [5.41, 5.74) is 0.564. The summed E-state index contributed by atoms with van der Waals surface area (Å²) in [7, 11) is 0. The van der Waals surface area contributed by atoms with Crippen molar-refractivity contribution in [2.75, 3.05) is 5.32 Å². The van der Waals surface area contributed by atoms with E-state index >= 15 is 0 Å². The Labute approximate surface area is 71.8 Å². The van der Waals surface area contributed by atoms with Gasteiger partial charge in [0, 0.05) is 4.47 Å². The molecular formula is C7H4BrFN2. The van der Waals surface area contributed by atoms with Crippen LogP contribution in [0.4, 0.5) is 10.1 Å². The smallest absolute Gasteiger partial charge is 0.181 e. The monoisotopic (exact) mass is 214 g/mol. The first-order valence-corrected chi connectivity index (χ1v) is 3.63. The lowest BCUT2D eigenvalue weighted by Gasteiger charge is -1.99. The maximum Gasteiger partial charge on any atom is 0.181 e. The van der Waals surface area contributed by atoms with Crippen LogP contribution < -0.4 is 5.32 Å². The summed E-state index contributed by atoms with van der Waals surface area (Å²) in [5, 5.41) is 10.6. The van der Waals surface area contributed by atoms with E-state index in [1.165, 1.54) is 18.2 Å².